The van der Waals surface area contributed by atoms with Crippen molar-refractivity contribution < 1.29 is 23.8 Å². The summed E-state index contributed by atoms with van der Waals surface area (Å²) < 4.78 is 15.9. The van der Waals surface area contributed by atoms with Crippen molar-refractivity contribution in [1.82, 2.24) is 0 Å². The summed E-state index contributed by atoms with van der Waals surface area (Å²) in [5.74, 6) is 0.556. The lowest BCUT2D eigenvalue weighted by Crippen LogP contribution is -2.35. The van der Waals surface area contributed by atoms with Crippen LogP contribution in [0.25, 0.3) is 0 Å². The molecule has 0 atom stereocenters. The molecular formula is C20H21NO5. The number of para-hydroxylation sites is 1. The molecular weight excluding hydrogens is 334 g/mol. The number of carbonyl (C=O) groups is 2. The summed E-state index contributed by atoms with van der Waals surface area (Å²) in [6, 6.07) is 12.2. The van der Waals surface area contributed by atoms with Gasteiger partial charge in [0.05, 0.1) is 23.8 Å². The SMILES string of the molecule is COC(=O)c1ccccc1NC(=O)C(C)(C)c1ccc2c(c1)OCCO2. The quantitative estimate of drug-likeness (QED) is 0.853. The highest BCUT2D eigenvalue weighted by molar-refractivity contribution is 6.04. The Morgan fingerprint density at radius 3 is 2.46 bits per heavy atom. The molecule has 1 N–H and O–H groups in total. The standard InChI is InChI=1S/C20H21NO5/c1-20(2,13-8-9-16-17(12-13)26-11-10-25-16)19(23)21-15-7-5-4-6-14(15)18(22)24-3/h4-9,12H,10-11H2,1-3H3,(H,21,23). The van der Waals surface area contributed by atoms with Gasteiger partial charge in [0.2, 0.25) is 5.91 Å². The zero-order valence-corrected chi connectivity index (χ0v) is 15.0. The van der Waals surface area contributed by atoms with Crippen LogP contribution >= 0.6 is 0 Å². The van der Waals surface area contributed by atoms with Crippen LogP contribution in [0.5, 0.6) is 11.5 Å². The van der Waals surface area contributed by atoms with Gasteiger partial charge in [-0.05, 0) is 43.7 Å². The second-order valence-electron chi connectivity index (χ2n) is 6.47. The van der Waals surface area contributed by atoms with Gasteiger partial charge in [0.1, 0.15) is 13.2 Å². The third-order valence-electron chi connectivity index (χ3n) is 4.41. The molecule has 136 valence electrons. The van der Waals surface area contributed by atoms with Gasteiger partial charge in [0, 0.05) is 0 Å². The molecule has 0 aliphatic carbocycles. The van der Waals surface area contributed by atoms with Crippen molar-refractivity contribution in [2.45, 2.75) is 19.3 Å². The van der Waals surface area contributed by atoms with Crippen LogP contribution in [0.2, 0.25) is 0 Å². The Hall–Kier alpha value is -3.02. The third-order valence-corrected chi connectivity index (χ3v) is 4.41. The molecule has 2 aromatic carbocycles. The number of hydrogen-bond acceptors (Lipinski definition) is 5. The Bertz CT molecular complexity index is 844. The molecule has 1 heterocycles. The van der Waals surface area contributed by atoms with Crippen molar-refractivity contribution in [3.63, 3.8) is 0 Å². The zero-order chi connectivity index (χ0) is 18.7. The summed E-state index contributed by atoms with van der Waals surface area (Å²) in [4.78, 5) is 24.8. The second kappa shape index (κ2) is 7.07. The Labute approximate surface area is 152 Å². The van der Waals surface area contributed by atoms with Gasteiger partial charge in [-0.1, -0.05) is 18.2 Å². The van der Waals surface area contributed by atoms with Gasteiger partial charge < -0.3 is 19.5 Å². The van der Waals surface area contributed by atoms with Crippen LogP contribution in [-0.4, -0.2) is 32.2 Å². The first-order chi connectivity index (χ1) is 12.4. The maximum Gasteiger partial charge on any atom is 0.339 e. The summed E-state index contributed by atoms with van der Waals surface area (Å²) in [6.45, 7) is 4.62. The Morgan fingerprint density at radius 1 is 1.04 bits per heavy atom. The molecule has 2 aromatic rings. The third kappa shape index (κ3) is 3.35. The van der Waals surface area contributed by atoms with Crippen LogP contribution in [-0.2, 0) is 14.9 Å². The molecule has 6 heteroatoms. The summed E-state index contributed by atoms with van der Waals surface area (Å²) in [5, 5.41) is 2.83. The smallest absolute Gasteiger partial charge is 0.339 e. The van der Waals surface area contributed by atoms with E-state index in [4.69, 9.17) is 14.2 Å². The van der Waals surface area contributed by atoms with E-state index in [1.165, 1.54) is 7.11 Å². The number of nitrogens with one attached hydrogen (secondary N) is 1. The molecule has 26 heavy (non-hydrogen) atoms. The second-order valence-corrected chi connectivity index (χ2v) is 6.47. The van der Waals surface area contributed by atoms with Gasteiger partial charge in [0.15, 0.2) is 11.5 Å². The molecule has 0 spiro atoms. The van der Waals surface area contributed by atoms with E-state index in [1.807, 2.05) is 26.0 Å². The molecule has 0 aromatic heterocycles. The van der Waals surface area contributed by atoms with Crippen LogP contribution < -0.4 is 14.8 Å². The normalized spacial score (nSPS) is 13.0. The van der Waals surface area contributed by atoms with Crippen LogP contribution in [0.4, 0.5) is 5.69 Å². The maximum atomic E-state index is 12.9. The number of carbonyl (C=O) groups excluding carboxylic acids is 2. The lowest BCUT2D eigenvalue weighted by Gasteiger charge is -2.27. The lowest BCUT2D eigenvalue weighted by molar-refractivity contribution is -0.120. The largest absolute Gasteiger partial charge is 0.486 e. The van der Waals surface area contributed by atoms with E-state index in [0.717, 1.165) is 5.56 Å². The van der Waals surface area contributed by atoms with Gasteiger partial charge in [-0.2, -0.15) is 0 Å². The molecule has 0 saturated carbocycles. The fourth-order valence-corrected chi connectivity index (χ4v) is 2.72. The molecule has 0 unspecified atom stereocenters. The van der Waals surface area contributed by atoms with Crippen LogP contribution in [0, 0.1) is 0 Å². The maximum absolute atomic E-state index is 12.9. The number of methoxy groups -OCH3 is 1. The molecule has 0 fully saturated rings. The number of benzene rings is 2. The molecule has 0 saturated heterocycles. The van der Waals surface area contributed by atoms with Crippen molar-refractivity contribution in [2.75, 3.05) is 25.6 Å². The van der Waals surface area contributed by atoms with Gasteiger partial charge in [-0.3, -0.25) is 4.79 Å². The predicted octanol–water partition coefficient (Wildman–Crippen LogP) is 3.16. The van der Waals surface area contributed by atoms with Crippen LogP contribution in [0.1, 0.15) is 29.8 Å². The summed E-state index contributed by atoms with van der Waals surface area (Å²) >= 11 is 0. The first-order valence-corrected chi connectivity index (χ1v) is 8.32. The highest BCUT2D eigenvalue weighted by Gasteiger charge is 2.32. The van der Waals surface area contributed by atoms with E-state index in [1.54, 1.807) is 30.3 Å². The molecule has 3 rings (SSSR count). The number of rotatable bonds is 4. The summed E-state index contributed by atoms with van der Waals surface area (Å²) in [7, 11) is 1.31. The van der Waals surface area contributed by atoms with Crippen molar-refractivity contribution in [3.8, 4) is 11.5 Å². The van der Waals surface area contributed by atoms with Crippen molar-refractivity contribution in [1.29, 1.82) is 0 Å². The number of ether oxygens (including phenoxy) is 3. The first-order valence-electron chi connectivity index (χ1n) is 8.32. The number of fused-ring (bicyclic) bond motifs is 1. The molecule has 1 amide bonds. The zero-order valence-electron chi connectivity index (χ0n) is 15.0. The van der Waals surface area contributed by atoms with Crippen molar-refractivity contribution in [2.24, 2.45) is 0 Å². The fourth-order valence-electron chi connectivity index (χ4n) is 2.72. The Balaban J connectivity index is 1.86. The molecule has 6 nitrogen and oxygen atoms in total. The number of esters is 1. The van der Waals surface area contributed by atoms with Crippen LogP contribution in [0.15, 0.2) is 42.5 Å². The highest BCUT2D eigenvalue weighted by Crippen LogP contribution is 2.35. The van der Waals surface area contributed by atoms with E-state index in [0.29, 0.717) is 36.0 Å². The van der Waals surface area contributed by atoms with E-state index in [9.17, 15) is 9.59 Å². The average Bonchev–Trinajstić information content (AvgIpc) is 2.67. The number of amides is 1. The van der Waals surface area contributed by atoms with E-state index < -0.39 is 11.4 Å². The van der Waals surface area contributed by atoms with Crippen molar-refractivity contribution in [3.05, 3.63) is 53.6 Å². The average molecular weight is 355 g/mol. The van der Waals surface area contributed by atoms with E-state index in [-0.39, 0.29) is 5.91 Å². The Kier molecular flexibility index (Phi) is 4.84. The molecule has 1 aliphatic heterocycles. The summed E-state index contributed by atoms with van der Waals surface area (Å²) in [6.07, 6.45) is 0. The highest BCUT2D eigenvalue weighted by atomic mass is 16.6. The van der Waals surface area contributed by atoms with Gasteiger partial charge in [0.25, 0.3) is 0 Å². The first kappa shape index (κ1) is 17.8. The van der Waals surface area contributed by atoms with E-state index >= 15 is 0 Å². The topological polar surface area (TPSA) is 73.9 Å². The van der Waals surface area contributed by atoms with Gasteiger partial charge >= 0.3 is 5.97 Å². The van der Waals surface area contributed by atoms with Gasteiger partial charge in [-0.25, -0.2) is 4.79 Å². The summed E-state index contributed by atoms with van der Waals surface area (Å²) in [5.41, 5.74) is 0.657. The Morgan fingerprint density at radius 2 is 1.73 bits per heavy atom. The fraction of sp³-hybridized carbons (Fsp3) is 0.300. The van der Waals surface area contributed by atoms with E-state index in [2.05, 4.69) is 5.32 Å². The predicted molar refractivity (Wildman–Crippen MR) is 96.9 cm³/mol. The number of anilines is 1. The van der Waals surface area contributed by atoms with Crippen molar-refractivity contribution >= 4 is 17.6 Å². The number of hydrogen-bond donors (Lipinski definition) is 1. The minimum Gasteiger partial charge on any atom is -0.486 e. The lowest BCUT2D eigenvalue weighted by atomic mass is 9.83. The minimum absolute atomic E-state index is 0.245. The molecule has 0 bridgehead atoms. The van der Waals surface area contributed by atoms with Gasteiger partial charge in [-0.15, -0.1) is 0 Å². The minimum atomic E-state index is -0.848. The van der Waals surface area contributed by atoms with Crippen LogP contribution in [0.3, 0.4) is 0 Å². The molecule has 0 radical (unpaired) electrons. The monoisotopic (exact) mass is 355 g/mol. The molecule has 1 aliphatic rings.